The van der Waals surface area contributed by atoms with Gasteiger partial charge in [-0.05, 0) is 12.8 Å². The maximum absolute atomic E-state index is 12.4. The summed E-state index contributed by atoms with van der Waals surface area (Å²) < 4.78 is 0. The number of carboxylic acid groups (broad SMARTS) is 1. The summed E-state index contributed by atoms with van der Waals surface area (Å²) in [5.74, 6) is 0.722. The van der Waals surface area contributed by atoms with Gasteiger partial charge in [-0.3, -0.25) is 14.5 Å². The van der Waals surface area contributed by atoms with Crippen LogP contribution in [0.3, 0.4) is 0 Å². The van der Waals surface area contributed by atoms with Crippen LogP contribution in [0.25, 0.3) is 0 Å². The van der Waals surface area contributed by atoms with Crippen molar-refractivity contribution < 1.29 is 14.7 Å². The lowest BCUT2D eigenvalue weighted by molar-refractivity contribution is -0.122. The summed E-state index contributed by atoms with van der Waals surface area (Å²) in [6.07, 6.45) is 5.78. The number of anilines is 1. The van der Waals surface area contributed by atoms with Crippen LogP contribution < -0.4 is 5.32 Å². The number of carbonyl (C=O) groups is 2. The van der Waals surface area contributed by atoms with Gasteiger partial charge in [-0.1, -0.05) is 6.92 Å². The molecular formula is C18H26N6O3S. The van der Waals surface area contributed by atoms with Crippen LogP contribution in [0, 0.1) is 0 Å². The second kappa shape index (κ2) is 12.0. The van der Waals surface area contributed by atoms with Gasteiger partial charge in [-0.15, -0.1) is 11.3 Å². The van der Waals surface area contributed by atoms with Crippen LogP contribution >= 0.6 is 11.3 Å². The first-order valence-electron chi connectivity index (χ1n) is 9.20. The smallest absolute Gasteiger partial charge is 0.290 e. The Morgan fingerprint density at radius 2 is 2.00 bits per heavy atom. The fourth-order valence-corrected chi connectivity index (χ4v) is 3.36. The summed E-state index contributed by atoms with van der Waals surface area (Å²) in [4.78, 5) is 37.9. The molecule has 1 amide bonds. The van der Waals surface area contributed by atoms with Gasteiger partial charge in [0.05, 0.1) is 5.51 Å². The molecule has 2 N–H and O–H groups in total. The number of thiazole rings is 1. The lowest BCUT2D eigenvalue weighted by Gasteiger charge is -2.21. The molecule has 0 radical (unpaired) electrons. The van der Waals surface area contributed by atoms with Crippen molar-refractivity contribution in [2.75, 3.05) is 38.0 Å². The minimum absolute atomic E-state index is 0.0396. The maximum atomic E-state index is 12.4. The Hall–Kier alpha value is -2.59. The Morgan fingerprint density at radius 3 is 2.64 bits per heavy atom. The van der Waals surface area contributed by atoms with E-state index in [2.05, 4.69) is 32.1 Å². The number of rotatable bonds is 6. The number of aromatic nitrogens is 3. The number of nitrogens with one attached hydrogen (secondary N) is 1. The molecule has 10 heteroatoms. The van der Waals surface area contributed by atoms with Gasteiger partial charge >= 0.3 is 0 Å². The minimum atomic E-state index is -0.250. The lowest BCUT2D eigenvalue weighted by Crippen LogP contribution is -2.35. The van der Waals surface area contributed by atoms with Crippen LogP contribution in [0.4, 0.5) is 5.95 Å². The molecule has 1 aliphatic heterocycles. The third-order valence-corrected chi connectivity index (χ3v) is 4.76. The summed E-state index contributed by atoms with van der Waals surface area (Å²) in [6, 6.07) is 0. The third kappa shape index (κ3) is 6.86. The minimum Gasteiger partial charge on any atom is -0.483 e. The number of nitrogens with zero attached hydrogens (tertiary/aromatic N) is 5. The van der Waals surface area contributed by atoms with E-state index in [4.69, 9.17) is 9.90 Å². The first kappa shape index (κ1) is 21.7. The Balaban J connectivity index is 0.000000878. The molecule has 152 valence electrons. The second-order valence-electron chi connectivity index (χ2n) is 6.24. The molecule has 1 aliphatic rings. The van der Waals surface area contributed by atoms with Gasteiger partial charge in [0, 0.05) is 62.6 Å². The molecule has 28 heavy (non-hydrogen) atoms. The zero-order chi connectivity index (χ0) is 20.2. The Kier molecular flexibility index (Phi) is 9.29. The highest BCUT2D eigenvalue weighted by Crippen LogP contribution is 2.12. The summed E-state index contributed by atoms with van der Waals surface area (Å²) in [5, 5.41) is 11.9. The highest BCUT2D eigenvalue weighted by molar-refractivity contribution is 7.07. The quantitative estimate of drug-likeness (QED) is 0.699. The van der Waals surface area contributed by atoms with E-state index in [0.717, 1.165) is 57.7 Å². The molecule has 0 saturated carbocycles. The van der Waals surface area contributed by atoms with Crippen LogP contribution in [0.15, 0.2) is 23.3 Å². The molecule has 0 bridgehead atoms. The average molecular weight is 407 g/mol. The number of carbonyl (C=O) groups excluding carboxylic acids is 1. The van der Waals surface area contributed by atoms with Crippen molar-refractivity contribution in [3.05, 3.63) is 34.5 Å². The normalized spacial score (nSPS) is 14.5. The molecule has 3 heterocycles. The summed E-state index contributed by atoms with van der Waals surface area (Å²) in [7, 11) is 0. The molecule has 0 unspecified atom stereocenters. The second-order valence-corrected chi connectivity index (χ2v) is 6.96. The zero-order valence-electron chi connectivity index (χ0n) is 16.0. The molecule has 0 aliphatic carbocycles. The predicted octanol–water partition coefficient (Wildman–Crippen LogP) is 1.80. The first-order valence-corrected chi connectivity index (χ1v) is 10.1. The Morgan fingerprint density at radius 1 is 1.25 bits per heavy atom. The van der Waals surface area contributed by atoms with Gasteiger partial charge in [0.25, 0.3) is 12.4 Å². The summed E-state index contributed by atoms with van der Waals surface area (Å²) in [5.41, 5.74) is 3.36. The molecule has 0 atom stereocenters. The molecule has 9 nitrogen and oxygen atoms in total. The topological polar surface area (TPSA) is 112 Å². The average Bonchev–Trinajstić information content (AvgIpc) is 3.15. The Labute approximate surface area is 168 Å². The van der Waals surface area contributed by atoms with Gasteiger partial charge in [0.15, 0.2) is 0 Å². The van der Waals surface area contributed by atoms with E-state index in [0.29, 0.717) is 11.6 Å². The van der Waals surface area contributed by atoms with Gasteiger partial charge in [-0.25, -0.2) is 15.0 Å². The van der Waals surface area contributed by atoms with E-state index in [1.54, 1.807) is 5.51 Å². The van der Waals surface area contributed by atoms with Gasteiger partial charge in [-0.2, -0.15) is 0 Å². The van der Waals surface area contributed by atoms with E-state index < -0.39 is 0 Å². The first-order chi connectivity index (χ1) is 13.7. The number of hydrogen-bond acceptors (Lipinski definition) is 8. The van der Waals surface area contributed by atoms with E-state index in [1.807, 2.05) is 22.7 Å². The molecule has 2 aromatic heterocycles. The predicted molar refractivity (Wildman–Crippen MR) is 107 cm³/mol. The van der Waals surface area contributed by atoms with Crippen molar-refractivity contribution in [1.82, 2.24) is 24.8 Å². The van der Waals surface area contributed by atoms with E-state index in [-0.39, 0.29) is 12.4 Å². The molecule has 0 aromatic carbocycles. The molecule has 2 aromatic rings. The highest BCUT2D eigenvalue weighted by Gasteiger charge is 2.21. The highest BCUT2D eigenvalue weighted by atomic mass is 32.1. The molecule has 0 spiro atoms. The standard InChI is InChI=1S/C17H24N6OS.CH2O2/c1-2-4-18-17-19-9-14(10-20-17)11-22-5-3-6-23(8-7-22)16(24)15-12-25-13-21-15;2-1-3/h9-10,12-13H,2-8,11H2,1H3,(H,18,19,20);1H,(H,2,3). The lowest BCUT2D eigenvalue weighted by atomic mass is 10.3. The van der Waals surface area contributed by atoms with Gasteiger partial charge in [0.1, 0.15) is 5.69 Å². The van der Waals surface area contributed by atoms with Crippen molar-refractivity contribution >= 4 is 29.7 Å². The fourth-order valence-electron chi connectivity index (χ4n) is 2.83. The third-order valence-electron chi connectivity index (χ3n) is 4.17. The molecule has 3 rings (SSSR count). The summed E-state index contributed by atoms with van der Waals surface area (Å²) >= 11 is 1.46. The van der Waals surface area contributed by atoms with Gasteiger partial charge in [0.2, 0.25) is 5.95 Å². The van der Waals surface area contributed by atoms with E-state index >= 15 is 0 Å². The fraction of sp³-hybridized carbons (Fsp3) is 0.500. The van der Waals surface area contributed by atoms with Crippen LogP contribution in [-0.4, -0.2) is 75.0 Å². The monoisotopic (exact) mass is 406 g/mol. The SMILES string of the molecule is CCCNc1ncc(CN2CCCN(C(=O)c3cscn3)CC2)cn1.O=CO. The van der Waals surface area contributed by atoms with Crippen molar-refractivity contribution in [3.8, 4) is 0 Å². The maximum Gasteiger partial charge on any atom is 0.290 e. The Bertz CT molecular complexity index is 711. The molecular weight excluding hydrogens is 380 g/mol. The van der Waals surface area contributed by atoms with Crippen LogP contribution in [0.5, 0.6) is 0 Å². The van der Waals surface area contributed by atoms with E-state index in [9.17, 15) is 4.79 Å². The van der Waals surface area contributed by atoms with Crippen molar-refractivity contribution in [3.63, 3.8) is 0 Å². The number of hydrogen-bond donors (Lipinski definition) is 2. The van der Waals surface area contributed by atoms with Crippen LogP contribution in [0.1, 0.15) is 35.8 Å². The zero-order valence-corrected chi connectivity index (χ0v) is 16.8. The van der Waals surface area contributed by atoms with Crippen molar-refractivity contribution in [2.45, 2.75) is 26.3 Å². The van der Waals surface area contributed by atoms with Gasteiger partial charge < -0.3 is 15.3 Å². The molecule has 1 saturated heterocycles. The van der Waals surface area contributed by atoms with Crippen molar-refractivity contribution in [1.29, 1.82) is 0 Å². The van der Waals surface area contributed by atoms with Crippen molar-refractivity contribution in [2.24, 2.45) is 0 Å². The largest absolute Gasteiger partial charge is 0.483 e. The summed E-state index contributed by atoms with van der Waals surface area (Å²) in [6.45, 7) is 6.89. The van der Waals surface area contributed by atoms with Crippen LogP contribution in [-0.2, 0) is 11.3 Å². The van der Waals surface area contributed by atoms with E-state index in [1.165, 1.54) is 11.3 Å². The molecule has 1 fully saturated rings. The van der Waals surface area contributed by atoms with Crippen LogP contribution in [0.2, 0.25) is 0 Å². The number of amides is 1.